The molecule has 0 aliphatic heterocycles. The number of nitrogens with one attached hydrogen (secondary N) is 1. The van der Waals surface area contributed by atoms with Crippen molar-refractivity contribution in [2.24, 2.45) is 0 Å². The van der Waals surface area contributed by atoms with Gasteiger partial charge in [-0.05, 0) is 25.9 Å². The van der Waals surface area contributed by atoms with Crippen LogP contribution in [0.3, 0.4) is 0 Å². The van der Waals surface area contributed by atoms with Gasteiger partial charge in [-0.15, -0.1) is 0 Å². The van der Waals surface area contributed by atoms with E-state index in [-0.39, 0.29) is 0 Å². The van der Waals surface area contributed by atoms with Gasteiger partial charge in [-0.2, -0.15) is 0 Å². The molecule has 224 valence electrons. The zero-order valence-electron chi connectivity index (χ0n) is 26.5. The Kier molecular flexibility index (Phi) is 35.9. The normalized spacial score (nSPS) is 11.5. The molecule has 0 saturated heterocycles. The third-order valence-electron chi connectivity index (χ3n) is 8.41. The van der Waals surface area contributed by atoms with Crippen LogP contribution >= 0.6 is 0 Å². The highest BCUT2D eigenvalue weighted by Gasteiger charge is 1.97. The predicted molar refractivity (Wildman–Crippen MR) is 172 cm³/mol. The summed E-state index contributed by atoms with van der Waals surface area (Å²) in [6.07, 6.45) is 46.8. The molecule has 0 aromatic rings. The minimum Gasteiger partial charge on any atom is -0.317 e. The molecule has 0 unspecified atom stereocenters. The number of hydrogen-bond donors (Lipinski definition) is 1. The van der Waals surface area contributed by atoms with Crippen LogP contribution in [0, 0.1) is 0 Å². The largest absolute Gasteiger partial charge is 0.317 e. The Morgan fingerprint density at radius 2 is 0.378 bits per heavy atom. The quantitative estimate of drug-likeness (QED) is 0.0830. The van der Waals surface area contributed by atoms with E-state index in [4.69, 9.17) is 0 Å². The molecule has 0 rings (SSSR count). The predicted octanol–water partition coefficient (Wildman–Crippen LogP) is 13.1. The number of hydrogen-bond acceptors (Lipinski definition) is 1. The minimum absolute atomic E-state index is 1.24. The van der Waals surface area contributed by atoms with Crippen LogP contribution in [-0.4, -0.2) is 13.1 Å². The van der Waals surface area contributed by atoms with Gasteiger partial charge in [0, 0.05) is 0 Å². The van der Waals surface area contributed by atoms with Crippen molar-refractivity contribution < 1.29 is 0 Å². The first-order valence-electron chi connectivity index (χ1n) is 18.1. The van der Waals surface area contributed by atoms with Crippen LogP contribution in [0.5, 0.6) is 0 Å². The third-order valence-corrected chi connectivity index (χ3v) is 8.41. The van der Waals surface area contributed by atoms with E-state index in [1.807, 2.05) is 0 Å². The van der Waals surface area contributed by atoms with Crippen molar-refractivity contribution in [3.63, 3.8) is 0 Å². The van der Waals surface area contributed by atoms with Gasteiger partial charge < -0.3 is 5.32 Å². The van der Waals surface area contributed by atoms with E-state index in [9.17, 15) is 0 Å². The van der Waals surface area contributed by atoms with Gasteiger partial charge in [0.2, 0.25) is 0 Å². The van der Waals surface area contributed by atoms with E-state index >= 15 is 0 Å². The first kappa shape index (κ1) is 37.0. The molecule has 0 atom stereocenters. The van der Waals surface area contributed by atoms with E-state index in [2.05, 4.69) is 19.2 Å². The van der Waals surface area contributed by atoms with Crippen LogP contribution in [-0.2, 0) is 0 Å². The maximum Gasteiger partial charge on any atom is -0.00489 e. The Balaban J connectivity index is 3.00. The van der Waals surface area contributed by atoms with Crippen molar-refractivity contribution in [2.75, 3.05) is 13.1 Å². The van der Waals surface area contributed by atoms with E-state index in [0.29, 0.717) is 0 Å². The smallest absolute Gasteiger partial charge is 0.00489 e. The van der Waals surface area contributed by atoms with Crippen LogP contribution < -0.4 is 5.32 Å². The average molecular weight is 522 g/mol. The Morgan fingerprint density at radius 3 is 0.568 bits per heavy atom. The first-order valence-corrected chi connectivity index (χ1v) is 18.1. The second kappa shape index (κ2) is 36.0. The van der Waals surface area contributed by atoms with Crippen molar-refractivity contribution >= 4 is 0 Å². The van der Waals surface area contributed by atoms with Gasteiger partial charge in [0.05, 0.1) is 0 Å². The summed E-state index contributed by atoms with van der Waals surface area (Å²) in [5.74, 6) is 0. The van der Waals surface area contributed by atoms with E-state index < -0.39 is 0 Å². The highest BCUT2D eigenvalue weighted by molar-refractivity contribution is 4.54. The Bertz CT molecular complexity index is 332. The Morgan fingerprint density at radius 1 is 0.216 bits per heavy atom. The van der Waals surface area contributed by atoms with Crippen LogP contribution in [0.2, 0.25) is 0 Å². The maximum absolute atomic E-state index is 3.64. The Labute approximate surface area is 237 Å². The fraction of sp³-hybridized carbons (Fsp3) is 1.00. The lowest BCUT2D eigenvalue weighted by molar-refractivity contribution is 0.513. The molecule has 0 saturated carbocycles. The van der Waals surface area contributed by atoms with Gasteiger partial charge >= 0.3 is 0 Å². The molecule has 0 aliphatic carbocycles. The second-order valence-corrected chi connectivity index (χ2v) is 12.4. The monoisotopic (exact) mass is 522 g/mol. The van der Waals surface area contributed by atoms with Gasteiger partial charge in [-0.3, -0.25) is 0 Å². The molecular formula is C36H75N. The van der Waals surface area contributed by atoms with Crippen molar-refractivity contribution in [1.29, 1.82) is 0 Å². The summed E-state index contributed by atoms with van der Waals surface area (Å²) in [7, 11) is 0. The van der Waals surface area contributed by atoms with Gasteiger partial charge in [0.25, 0.3) is 0 Å². The first-order chi connectivity index (χ1) is 18.4. The second-order valence-electron chi connectivity index (χ2n) is 12.4. The molecule has 37 heavy (non-hydrogen) atoms. The summed E-state index contributed by atoms with van der Waals surface area (Å²) in [4.78, 5) is 0. The molecule has 0 radical (unpaired) electrons. The molecule has 0 spiro atoms. The van der Waals surface area contributed by atoms with E-state index in [1.54, 1.807) is 0 Å². The molecule has 0 heterocycles. The molecule has 0 fully saturated rings. The van der Waals surface area contributed by atoms with Crippen molar-refractivity contribution in [2.45, 2.75) is 219 Å². The molecule has 1 N–H and O–H groups in total. The molecule has 0 aromatic heterocycles. The minimum atomic E-state index is 1.24. The number of rotatable bonds is 34. The lowest BCUT2D eigenvalue weighted by atomic mass is 10.0. The van der Waals surface area contributed by atoms with Crippen molar-refractivity contribution in [3.05, 3.63) is 0 Å². The molecule has 1 nitrogen and oxygen atoms in total. The Hall–Kier alpha value is -0.0400. The van der Waals surface area contributed by atoms with E-state index in [1.165, 1.54) is 219 Å². The highest BCUT2D eigenvalue weighted by Crippen LogP contribution is 2.16. The summed E-state index contributed by atoms with van der Waals surface area (Å²) in [6.45, 7) is 7.09. The summed E-state index contributed by atoms with van der Waals surface area (Å²) in [6, 6.07) is 0. The fourth-order valence-corrected chi connectivity index (χ4v) is 5.72. The van der Waals surface area contributed by atoms with Crippen molar-refractivity contribution in [3.8, 4) is 0 Å². The molecule has 0 bridgehead atoms. The van der Waals surface area contributed by atoms with Crippen LogP contribution in [0.1, 0.15) is 219 Å². The summed E-state index contributed by atoms with van der Waals surface area (Å²) >= 11 is 0. The van der Waals surface area contributed by atoms with Gasteiger partial charge in [0.15, 0.2) is 0 Å². The summed E-state index contributed by atoms with van der Waals surface area (Å²) < 4.78 is 0. The molecular weight excluding hydrogens is 446 g/mol. The number of unbranched alkanes of at least 4 members (excludes halogenated alkanes) is 30. The molecule has 0 aliphatic rings. The maximum atomic E-state index is 3.64. The third kappa shape index (κ3) is 36.0. The fourth-order valence-electron chi connectivity index (χ4n) is 5.72. The molecule has 0 amide bonds. The van der Waals surface area contributed by atoms with E-state index in [0.717, 1.165) is 0 Å². The zero-order chi connectivity index (χ0) is 26.7. The van der Waals surface area contributed by atoms with Gasteiger partial charge in [0.1, 0.15) is 0 Å². The highest BCUT2D eigenvalue weighted by atomic mass is 14.8. The molecule has 0 aromatic carbocycles. The lowest BCUT2D eigenvalue weighted by Crippen LogP contribution is -2.16. The SMILES string of the molecule is CCCCCCCCCCCCCCCCCCCCCCCCCCCCNCCCCCCCC. The zero-order valence-corrected chi connectivity index (χ0v) is 26.5. The van der Waals surface area contributed by atoms with Crippen LogP contribution in [0.4, 0.5) is 0 Å². The average Bonchev–Trinajstić information content (AvgIpc) is 2.91. The summed E-state index contributed by atoms with van der Waals surface area (Å²) in [5.41, 5.74) is 0. The van der Waals surface area contributed by atoms with Crippen LogP contribution in [0.25, 0.3) is 0 Å². The topological polar surface area (TPSA) is 12.0 Å². The van der Waals surface area contributed by atoms with Crippen LogP contribution in [0.15, 0.2) is 0 Å². The summed E-state index contributed by atoms with van der Waals surface area (Å²) in [5, 5.41) is 3.64. The standard InChI is InChI=1S/C36H75N/c1-3-5-7-9-11-12-13-14-15-16-17-18-19-20-21-22-23-24-25-26-27-28-29-30-32-34-36-37-35-33-31-10-8-6-4-2/h37H,3-36H2,1-2H3. The lowest BCUT2D eigenvalue weighted by Gasteiger charge is -2.05. The van der Waals surface area contributed by atoms with Gasteiger partial charge in [-0.25, -0.2) is 0 Å². The molecule has 1 heteroatoms. The van der Waals surface area contributed by atoms with Gasteiger partial charge in [-0.1, -0.05) is 206 Å². The van der Waals surface area contributed by atoms with Crippen molar-refractivity contribution in [1.82, 2.24) is 5.32 Å².